The summed E-state index contributed by atoms with van der Waals surface area (Å²) in [6.45, 7) is 6.30. The van der Waals surface area contributed by atoms with Crippen LogP contribution in [0.2, 0.25) is 0 Å². The van der Waals surface area contributed by atoms with Gasteiger partial charge >= 0.3 is 0 Å². The van der Waals surface area contributed by atoms with E-state index >= 15 is 0 Å². The summed E-state index contributed by atoms with van der Waals surface area (Å²) in [5, 5.41) is 0. The van der Waals surface area contributed by atoms with Crippen molar-refractivity contribution in [1.29, 1.82) is 0 Å². The first-order valence-electron chi connectivity index (χ1n) is 7.33. The van der Waals surface area contributed by atoms with Crippen molar-refractivity contribution in [3.63, 3.8) is 0 Å². The van der Waals surface area contributed by atoms with E-state index in [0.717, 1.165) is 37.4 Å². The minimum Gasteiger partial charge on any atom is -0.491 e. The molecule has 4 nitrogen and oxygen atoms in total. The Hall–Kier alpha value is -1.13. The summed E-state index contributed by atoms with van der Waals surface area (Å²) >= 11 is 0. The zero-order chi connectivity index (χ0) is 13.5. The highest BCUT2D eigenvalue weighted by molar-refractivity contribution is 5.20. The molecule has 2 rings (SSSR count). The van der Waals surface area contributed by atoms with E-state index in [0.29, 0.717) is 0 Å². The molecule has 0 radical (unpaired) electrons. The van der Waals surface area contributed by atoms with Crippen molar-refractivity contribution in [2.24, 2.45) is 5.73 Å². The highest BCUT2D eigenvalue weighted by atomic mass is 16.5. The van der Waals surface area contributed by atoms with Gasteiger partial charge in [0.05, 0.1) is 6.20 Å². The molecule has 0 aliphatic carbocycles. The Balaban J connectivity index is 1.71. The number of nitrogens with zero attached hydrogens (tertiary/aromatic N) is 2. The monoisotopic (exact) mass is 263 g/mol. The average Bonchev–Trinajstić information content (AvgIpc) is 2.94. The maximum atomic E-state index is 5.92. The van der Waals surface area contributed by atoms with Crippen LogP contribution in [0.5, 0.6) is 5.75 Å². The molecule has 0 bridgehead atoms. The van der Waals surface area contributed by atoms with Gasteiger partial charge in [0.25, 0.3) is 0 Å². The number of pyridine rings is 1. The molecule has 1 aromatic rings. The Morgan fingerprint density at radius 3 is 2.79 bits per heavy atom. The molecule has 0 saturated carbocycles. The Morgan fingerprint density at radius 2 is 2.16 bits per heavy atom. The first-order valence-corrected chi connectivity index (χ1v) is 7.33. The van der Waals surface area contributed by atoms with Crippen molar-refractivity contribution < 1.29 is 4.74 Å². The molecule has 1 aliphatic rings. The molecule has 0 aromatic carbocycles. The van der Waals surface area contributed by atoms with Crippen molar-refractivity contribution in [2.45, 2.75) is 38.6 Å². The number of rotatable bonds is 7. The van der Waals surface area contributed by atoms with Crippen LogP contribution in [-0.2, 0) is 6.42 Å². The van der Waals surface area contributed by atoms with Crippen molar-refractivity contribution in [1.82, 2.24) is 9.88 Å². The Kier molecular flexibility index (Phi) is 5.61. The summed E-state index contributed by atoms with van der Waals surface area (Å²) in [6, 6.07) is 4.21. The van der Waals surface area contributed by atoms with E-state index in [1.54, 1.807) is 0 Å². The molecule has 19 heavy (non-hydrogen) atoms. The van der Waals surface area contributed by atoms with E-state index < -0.39 is 0 Å². The van der Waals surface area contributed by atoms with Gasteiger partial charge in [0, 0.05) is 24.7 Å². The standard InChI is InChI=1S/C15H25N3O/c1-2-13(16)11-14-5-6-15(12-17-14)19-10-9-18-7-3-4-8-18/h5-6,12-13H,2-4,7-11,16H2,1H3. The second-order valence-corrected chi connectivity index (χ2v) is 5.25. The molecule has 0 amide bonds. The average molecular weight is 263 g/mol. The number of hydrogen-bond donors (Lipinski definition) is 1. The molecule has 1 atom stereocenters. The van der Waals surface area contributed by atoms with Crippen molar-refractivity contribution in [3.05, 3.63) is 24.0 Å². The van der Waals surface area contributed by atoms with Gasteiger partial charge in [-0.15, -0.1) is 0 Å². The Morgan fingerprint density at radius 1 is 1.37 bits per heavy atom. The van der Waals surface area contributed by atoms with Gasteiger partial charge in [-0.25, -0.2) is 0 Å². The van der Waals surface area contributed by atoms with Crippen LogP contribution >= 0.6 is 0 Å². The fraction of sp³-hybridized carbons (Fsp3) is 0.667. The summed E-state index contributed by atoms with van der Waals surface area (Å²) in [4.78, 5) is 6.84. The number of likely N-dealkylation sites (tertiary alicyclic amines) is 1. The van der Waals surface area contributed by atoms with Crippen LogP contribution in [0, 0.1) is 0 Å². The number of hydrogen-bond acceptors (Lipinski definition) is 4. The molecule has 4 heteroatoms. The first kappa shape index (κ1) is 14.3. The van der Waals surface area contributed by atoms with Gasteiger partial charge in [0.1, 0.15) is 12.4 Å². The molecule has 1 fully saturated rings. The Bertz CT molecular complexity index is 360. The molecular weight excluding hydrogens is 238 g/mol. The SMILES string of the molecule is CCC(N)Cc1ccc(OCCN2CCCC2)cn1. The summed E-state index contributed by atoms with van der Waals surface area (Å²) in [5.74, 6) is 0.855. The molecule has 1 aliphatic heterocycles. The molecule has 2 N–H and O–H groups in total. The van der Waals surface area contributed by atoms with E-state index in [-0.39, 0.29) is 6.04 Å². The quantitative estimate of drug-likeness (QED) is 0.815. The van der Waals surface area contributed by atoms with E-state index in [1.807, 2.05) is 18.3 Å². The van der Waals surface area contributed by atoms with Crippen LogP contribution in [-0.4, -0.2) is 42.2 Å². The van der Waals surface area contributed by atoms with Gasteiger partial charge in [-0.05, 0) is 44.5 Å². The van der Waals surface area contributed by atoms with Crippen molar-refractivity contribution in [3.8, 4) is 5.75 Å². The fourth-order valence-corrected chi connectivity index (χ4v) is 2.33. The zero-order valence-corrected chi connectivity index (χ0v) is 11.8. The molecule has 106 valence electrons. The predicted octanol–water partition coefficient (Wildman–Crippen LogP) is 1.84. The highest BCUT2D eigenvalue weighted by Gasteiger charge is 2.10. The predicted molar refractivity (Wildman–Crippen MR) is 77.4 cm³/mol. The van der Waals surface area contributed by atoms with E-state index in [1.165, 1.54) is 25.9 Å². The lowest BCUT2D eigenvalue weighted by Crippen LogP contribution is -2.25. The van der Waals surface area contributed by atoms with Crippen LogP contribution < -0.4 is 10.5 Å². The minimum atomic E-state index is 0.203. The maximum Gasteiger partial charge on any atom is 0.137 e. The number of ether oxygens (including phenoxy) is 1. The number of aromatic nitrogens is 1. The molecule has 1 saturated heterocycles. The van der Waals surface area contributed by atoms with Crippen LogP contribution in [0.25, 0.3) is 0 Å². The first-order chi connectivity index (χ1) is 9.28. The van der Waals surface area contributed by atoms with E-state index in [9.17, 15) is 0 Å². The molecule has 0 spiro atoms. The lowest BCUT2D eigenvalue weighted by atomic mass is 10.1. The van der Waals surface area contributed by atoms with E-state index in [2.05, 4.69) is 16.8 Å². The smallest absolute Gasteiger partial charge is 0.137 e. The van der Waals surface area contributed by atoms with Crippen LogP contribution in [0.4, 0.5) is 0 Å². The second-order valence-electron chi connectivity index (χ2n) is 5.25. The minimum absolute atomic E-state index is 0.203. The number of nitrogens with two attached hydrogens (primary N) is 1. The normalized spacial score (nSPS) is 17.6. The van der Waals surface area contributed by atoms with Crippen LogP contribution in [0.1, 0.15) is 31.9 Å². The molecule has 2 heterocycles. The maximum absolute atomic E-state index is 5.92. The largest absolute Gasteiger partial charge is 0.491 e. The second kappa shape index (κ2) is 7.46. The van der Waals surface area contributed by atoms with Gasteiger partial charge in [0.2, 0.25) is 0 Å². The summed E-state index contributed by atoms with van der Waals surface area (Å²) in [6.07, 6.45) is 6.28. The van der Waals surface area contributed by atoms with Crippen molar-refractivity contribution >= 4 is 0 Å². The van der Waals surface area contributed by atoms with Gasteiger partial charge in [-0.1, -0.05) is 6.92 Å². The zero-order valence-electron chi connectivity index (χ0n) is 11.8. The van der Waals surface area contributed by atoms with Gasteiger partial charge in [-0.2, -0.15) is 0 Å². The molecular formula is C15H25N3O. The van der Waals surface area contributed by atoms with Gasteiger partial charge in [0.15, 0.2) is 0 Å². The van der Waals surface area contributed by atoms with Gasteiger partial charge < -0.3 is 10.5 Å². The summed E-state index contributed by atoms with van der Waals surface area (Å²) in [7, 11) is 0. The van der Waals surface area contributed by atoms with E-state index in [4.69, 9.17) is 10.5 Å². The fourth-order valence-electron chi connectivity index (χ4n) is 2.33. The van der Waals surface area contributed by atoms with Crippen LogP contribution in [0.15, 0.2) is 18.3 Å². The lowest BCUT2D eigenvalue weighted by molar-refractivity contribution is 0.237. The summed E-state index contributed by atoms with van der Waals surface area (Å²) in [5.41, 5.74) is 6.96. The third-order valence-electron chi connectivity index (χ3n) is 3.67. The third-order valence-corrected chi connectivity index (χ3v) is 3.67. The molecule has 1 aromatic heterocycles. The molecule has 1 unspecified atom stereocenters. The third kappa shape index (κ3) is 4.80. The van der Waals surface area contributed by atoms with Gasteiger partial charge in [-0.3, -0.25) is 9.88 Å². The Labute approximate surface area is 116 Å². The van der Waals surface area contributed by atoms with Crippen LogP contribution in [0.3, 0.4) is 0 Å². The lowest BCUT2D eigenvalue weighted by Gasteiger charge is -2.15. The van der Waals surface area contributed by atoms with Crippen molar-refractivity contribution in [2.75, 3.05) is 26.2 Å². The topological polar surface area (TPSA) is 51.4 Å². The highest BCUT2D eigenvalue weighted by Crippen LogP contribution is 2.11. The summed E-state index contributed by atoms with van der Waals surface area (Å²) < 4.78 is 5.72.